The SMILES string of the molecule is C[C@]1(O)CCCN(c2nc(Nc3ccc(S(=O)(=O)N[C@@H]4CCN(CC5(F)CCN(c6ccc(C7CCC(=O)NC7=O)c(F)c6)CC5)C[C@@H]4F)cc3F)ncc2C(F)(F)F)C1. The lowest BCUT2D eigenvalue weighted by molar-refractivity contribution is -0.138. The molecule has 0 aliphatic carbocycles. The highest BCUT2D eigenvalue weighted by Crippen LogP contribution is 2.39. The van der Waals surface area contributed by atoms with Crippen LogP contribution in [0.1, 0.15) is 68.9 Å². The van der Waals surface area contributed by atoms with Crippen molar-refractivity contribution in [2.45, 2.75) is 92.3 Å². The topological polar surface area (TPSA) is 160 Å². The normalized spacial score (nSPS) is 25.6. The molecule has 21 heteroatoms. The molecule has 3 aromatic rings. The van der Waals surface area contributed by atoms with Gasteiger partial charge in [0.2, 0.25) is 27.8 Å². The molecule has 0 radical (unpaired) electrons. The number of imide groups is 1. The molecule has 0 saturated carbocycles. The number of likely N-dealkylation sites (tertiary alicyclic amines) is 1. The van der Waals surface area contributed by atoms with Gasteiger partial charge >= 0.3 is 6.18 Å². The van der Waals surface area contributed by atoms with Crippen molar-refractivity contribution in [1.29, 1.82) is 0 Å². The average molecular weight is 871 g/mol. The van der Waals surface area contributed by atoms with Crippen LogP contribution in [0.4, 0.5) is 53.9 Å². The van der Waals surface area contributed by atoms with Gasteiger partial charge in [-0.1, -0.05) is 6.07 Å². The second-order valence-electron chi connectivity index (χ2n) is 16.3. The number of sulfonamides is 1. The molecule has 4 saturated heterocycles. The number of nitrogens with zero attached hydrogens (tertiary/aromatic N) is 5. The largest absolute Gasteiger partial charge is 0.421 e. The molecule has 4 aliphatic heterocycles. The Morgan fingerprint density at radius 1 is 0.983 bits per heavy atom. The summed E-state index contributed by atoms with van der Waals surface area (Å²) in [7, 11) is -4.47. The predicted molar refractivity (Wildman–Crippen MR) is 206 cm³/mol. The fourth-order valence-corrected chi connectivity index (χ4v) is 9.69. The summed E-state index contributed by atoms with van der Waals surface area (Å²) in [6.07, 6.45) is -4.80. The summed E-state index contributed by atoms with van der Waals surface area (Å²) in [5.41, 5.74) is -3.75. The third-order valence-corrected chi connectivity index (χ3v) is 13.1. The first-order valence-corrected chi connectivity index (χ1v) is 21.1. The maximum atomic E-state index is 16.1. The maximum absolute atomic E-state index is 16.1. The Morgan fingerprint density at radius 3 is 2.38 bits per heavy atom. The third kappa shape index (κ3) is 9.79. The molecule has 2 aromatic carbocycles. The molecule has 1 unspecified atom stereocenters. The highest BCUT2D eigenvalue weighted by molar-refractivity contribution is 7.89. The van der Waals surface area contributed by atoms with Gasteiger partial charge in [0, 0.05) is 82.5 Å². The zero-order valence-corrected chi connectivity index (χ0v) is 33.4. The lowest BCUT2D eigenvalue weighted by Gasteiger charge is -2.42. The van der Waals surface area contributed by atoms with Crippen LogP contribution in [0.3, 0.4) is 0 Å². The van der Waals surface area contributed by atoms with Crippen molar-refractivity contribution in [1.82, 2.24) is 24.9 Å². The second kappa shape index (κ2) is 16.7. The molecule has 0 spiro atoms. The monoisotopic (exact) mass is 870 g/mol. The molecule has 4 aliphatic rings. The minimum absolute atomic E-state index is 0.0103. The number of amides is 2. The highest BCUT2D eigenvalue weighted by atomic mass is 32.2. The molecule has 60 heavy (non-hydrogen) atoms. The van der Waals surface area contributed by atoms with Gasteiger partial charge in [0.25, 0.3) is 0 Å². The number of rotatable bonds is 10. The summed E-state index contributed by atoms with van der Waals surface area (Å²) in [5, 5.41) is 15.2. The van der Waals surface area contributed by atoms with Gasteiger partial charge in [-0.2, -0.15) is 18.2 Å². The Bertz CT molecular complexity index is 2220. The summed E-state index contributed by atoms with van der Waals surface area (Å²) in [6, 6.07) is 5.99. The van der Waals surface area contributed by atoms with E-state index in [1.54, 1.807) is 11.0 Å². The first kappa shape index (κ1) is 43.5. The van der Waals surface area contributed by atoms with Gasteiger partial charge in [-0.15, -0.1) is 0 Å². The zero-order valence-electron chi connectivity index (χ0n) is 32.5. The molecule has 326 valence electrons. The van der Waals surface area contributed by atoms with Gasteiger partial charge in [0.15, 0.2) is 0 Å². The molecular weight excluding hydrogens is 826 g/mol. The van der Waals surface area contributed by atoms with E-state index >= 15 is 17.6 Å². The molecule has 0 bridgehead atoms. The summed E-state index contributed by atoms with van der Waals surface area (Å²) in [6.45, 7) is 1.83. The van der Waals surface area contributed by atoms with E-state index in [2.05, 4.69) is 25.3 Å². The van der Waals surface area contributed by atoms with Crippen molar-refractivity contribution in [2.75, 3.05) is 60.9 Å². The maximum Gasteiger partial charge on any atom is 0.421 e. The Morgan fingerprint density at radius 2 is 1.73 bits per heavy atom. The number of β-amino-alcohol motifs (C(OH)–C–C–N with tert-alkyl or cyclic N) is 1. The highest BCUT2D eigenvalue weighted by Gasteiger charge is 2.42. The van der Waals surface area contributed by atoms with Crippen molar-refractivity contribution in [2.24, 2.45) is 0 Å². The van der Waals surface area contributed by atoms with Crippen molar-refractivity contribution in [3.8, 4) is 0 Å². The van der Waals surface area contributed by atoms with Crippen molar-refractivity contribution in [3.63, 3.8) is 0 Å². The minimum atomic E-state index is -4.82. The van der Waals surface area contributed by atoms with Crippen molar-refractivity contribution in [3.05, 3.63) is 65.4 Å². The fraction of sp³-hybridized carbons (Fsp3) is 0.538. The molecule has 4 fully saturated rings. The van der Waals surface area contributed by atoms with Crippen LogP contribution in [0.25, 0.3) is 0 Å². The molecule has 7 rings (SSSR count). The first-order chi connectivity index (χ1) is 28.2. The van der Waals surface area contributed by atoms with Crippen LogP contribution in [0.2, 0.25) is 0 Å². The Kier molecular flexibility index (Phi) is 12.1. The smallest absolute Gasteiger partial charge is 0.388 e. The molecule has 4 atom stereocenters. The van der Waals surface area contributed by atoms with E-state index in [1.807, 2.05) is 4.90 Å². The fourth-order valence-electron chi connectivity index (χ4n) is 8.38. The van der Waals surface area contributed by atoms with Gasteiger partial charge in [0.05, 0.1) is 28.1 Å². The van der Waals surface area contributed by atoms with Crippen LogP contribution in [-0.2, 0) is 25.8 Å². The lowest BCUT2D eigenvalue weighted by Crippen LogP contribution is -2.56. The number of carbonyl (C=O) groups excluding carboxylic acids is 2. The first-order valence-electron chi connectivity index (χ1n) is 19.6. The minimum Gasteiger partial charge on any atom is -0.388 e. The molecule has 1 aromatic heterocycles. The van der Waals surface area contributed by atoms with E-state index in [0.717, 1.165) is 12.1 Å². The zero-order chi connectivity index (χ0) is 43.2. The standard InChI is InChI=1S/C39H45F7N8O5S/c1-37(57)10-2-13-54(21-37)34-27(39(44,45)46)19-47-36(50-34)48-31-7-4-24(18-29(31)41)60(58,59)51-32-9-14-52(20-30(32)42)22-38(43)11-15-53(16-12-38)23-3-5-25(28(40)17-23)26-6-8-33(55)49-35(26)56/h3-5,7,17-19,26,30,32,51,57H,2,6,8-16,20-22H2,1H3,(H,47,48,50)(H,49,55,56)/t26?,30-,32+,37-/m0/s1. The van der Waals surface area contributed by atoms with Crippen LogP contribution in [0.15, 0.2) is 47.5 Å². The number of carbonyl (C=O) groups is 2. The predicted octanol–water partition coefficient (Wildman–Crippen LogP) is 5.09. The van der Waals surface area contributed by atoms with Crippen LogP contribution in [0, 0.1) is 11.6 Å². The number of benzene rings is 2. The van der Waals surface area contributed by atoms with Gasteiger partial charge in [0.1, 0.15) is 34.9 Å². The molecular formula is C39H45F7N8O5S. The summed E-state index contributed by atoms with van der Waals surface area (Å²) in [5.74, 6) is -4.35. The van der Waals surface area contributed by atoms with Crippen LogP contribution in [-0.4, -0.2) is 110 Å². The molecule has 13 nitrogen and oxygen atoms in total. The number of piperidine rings is 4. The van der Waals surface area contributed by atoms with E-state index in [9.17, 15) is 36.3 Å². The van der Waals surface area contributed by atoms with Crippen molar-refractivity contribution < 1.29 is 53.8 Å². The number of hydrogen-bond donors (Lipinski definition) is 4. The number of hydrogen-bond acceptors (Lipinski definition) is 11. The van der Waals surface area contributed by atoms with Gasteiger partial charge in [-0.3, -0.25) is 19.8 Å². The molecule has 5 heterocycles. The summed E-state index contributed by atoms with van der Waals surface area (Å²) < 4.78 is 132. The number of aromatic nitrogens is 2. The number of anilines is 4. The number of halogens is 7. The van der Waals surface area contributed by atoms with Crippen LogP contribution < -0.4 is 25.2 Å². The van der Waals surface area contributed by atoms with E-state index in [4.69, 9.17) is 0 Å². The van der Waals surface area contributed by atoms with Crippen molar-refractivity contribution >= 4 is 45.0 Å². The molecule has 4 N–H and O–H groups in total. The van der Waals surface area contributed by atoms with E-state index in [0.29, 0.717) is 30.8 Å². The molecule has 2 amide bonds. The van der Waals surface area contributed by atoms with E-state index in [1.165, 1.54) is 24.0 Å². The lowest BCUT2D eigenvalue weighted by atomic mass is 9.89. The quantitative estimate of drug-likeness (QED) is 0.159. The van der Waals surface area contributed by atoms with E-state index < -0.39 is 91.3 Å². The number of aliphatic hydroxyl groups is 1. The summed E-state index contributed by atoms with van der Waals surface area (Å²) in [4.78, 5) is 35.5. The van der Waals surface area contributed by atoms with Crippen LogP contribution in [0.5, 0.6) is 0 Å². The Balaban J connectivity index is 0.924. The van der Waals surface area contributed by atoms with Gasteiger partial charge < -0.3 is 20.2 Å². The van der Waals surface area contributed by atoms with Gasteiger partial charge in [-0.25, -0.2) is 35.7 Å². The number of alkyl halides is 5. The Labute approximate surface area is 341 Å². The average Bonchev–Trinajstić information content (AvgIpc) is 3.16. The van der Waals surface area contributed by atoms with E-state index in [-0.39, 0.29) is 89.2 Å². The second-order valence-corrected chi connectivity index (χ2v) is 18.0. The number of nitrogens with one attached hydrogen (secondary N) is 3. The van der Waals surface area contributed by atoms with Crippen LogP contribution >= 0.6 is 0 Å². The summed E-state index contributed by atoms with van der Waals surface area (Å²) >= 11 is 0. The Hall–Kier alpha value is -4.60. The third-order valence-electron chi connectivity index (χ3n) is 11.6. The van der Waals surface area contributed by atoms with Gasteiger partial charge in [-0.05, 0) is 62.9 Å².